The van der Waals surface area contributed by atoms with Crippen molar-refractivity contribution in [3.63, 3.8) is 0 Å². The quantitative estimate of drug-likeness (QED) is 0.729. The second kappa shape index (κ2) is 6.57. The SMILES string of the molecule is CC(NC(=O)C(C)(C)C)C(=O)NCC1(O)CCCCC1. The van der Waals surface area contributed by atoms with Crippen LogP contribution in [0.2, 0.25) is 0 Å². The van der Waals surface area contributed by atoms with Gasteiger partial charge >= 0.3 is 0 Å². The fourth-order valence-corrected chi connectivity index (χ4v) is 2.27. The summed E-state index contributed by atoms with van der Waals surface area (Å²) in [6, 6.07) is -0.589. The van der Waals surface area contributed by atoms with E-state index in [1.165, 1.54) is 0 Å². The first kappa shape index (κ1) is 17.0. The summed E-state index contributed by atoms with van der Waals surface area (Å²) >= 11 is 0. The van der Waals surface area contributed by atoms with Crippen LogP contribution in [0.1, 0.15) is 59.8 Å². The number of carbonyl (C=O) groups is 2. The molecular weight excluding hydrogens is 256 g/mol. The highest BCUT2D eigenvalue weighted by Gasteiger charge is 2.31. The number of nitrogens with one attached hydrogen (secondary N) is 2. The first-order valence-electron chi connectivity index (χ1n) is 7.45. The number of hydrogen-bond donors (Lipinski definition) is 3. The molecule has 1 fully saturated rings. The summed E-state index contributed by atoms with van der Waals surface area (Å²) in [4.78, 5) is 23.8. The molecule has 5 nitrogen and oxygen atoms in total. The lowest BCUT2D eigenvalue weighted by Gasteiger charge is -2.32. The van der Waals surface area contributed by atoms with Gasteiger partial charge in [0.25, 0.3) is 0 Å². The predicted octanol–water partition coefficient (Wildman–Crippen LogP) is 1.35. The summed E-state index contributed by atoms with van der Waals surface area (Å²) in [5.74, 6) is -0.405. The minimum absolute atomic E-state index is 0.156. The highest BCUT2D eigenvalue weighted by atomic mass is 16.3. The van der Waals surface area contributed by atoms with Crippen molar-refractivity contribution in [3.05, 3.63) is 0 Å². The van der Waals surface area contributed by atoms with Crippen LogP contribution < -0.4 is 10.6 Å². The zero-order valence-corrected chi connectivity index (χ0v) is 13.1. The molecule has 1 unspecified atom stereocenters. The second-order valence-corrected chi connectivity index (χ2v) is 6.95. The van der Waals surface area contributed by atoms with E-state index < -0.39 is 17.1 Å². The number of amides is 2. The molecule has 0 aromatic carbocycles. The van der Waals surface area contributed by atoms with Crippen molar-refractivity contribution in [2.75, 3.05) is 6.54 Å². The minimum atomic E-state index is -0.776. The molecule has 5 heteroatoms. The van der Waals surface area contributed by atoms with E-state index in [2.05, 4.69) is 10.6 Å². The zero-order valence-electron chi connectivity index (χ0n) is 13.1. The average molecular weight is 284 g/mol. The summed E-state index contributed by atoms with van der Waals surface area (Å²) in [6.45, 7) is 7.33. The molecular formula is C15H28N2O3. The van der Waals surface area contributed by atoms with Crippen molar-refractivity contribution in [1.29, 1.82) is 0 Å². The van der Waals surface area contributed by atoms with E-state index in [4.69, 9.17) is 0 Å². The van der Waals surface area contributed by atoms with Crippen molar-refractivity contribution < 1.29 is 14.7 Å². The number of hydrogen-bond acceptors (Lipinski definition) is 3. The molecule has 0 aliphatic heterocycles. The van der Waals surface area contributed by atoms with Gasteiger partial charge in [0, 0.05) is 12.0 Å². The molecule has 1 atom stereocenters. The van der Waals surface area contributed by atoms with Crippen LogP contribution in [0.15, 0.2) is 0 Å². The Bertz CT molecular complexity index is 355. The molecule has 0 aromatic rings. The molecule has 0 saturated heterocycles. The zero-order chi connectivity index (χ0) is 15.4. The number of carbonyl (C=O) groups excluding carboxylic acids is 2. The van der Waals surface area contributed by atoms with Gasteiger partial charge in [-0.1, -0.05) is 40.0 Å². The van der Waals surface area contributed by atoms with Crippen LogP contribution in [0, 0.1) is 5.41 Å². The van der Waals surface area contributed by atoms with E-state index in [1.807, 2.05) is 0 Å². The summed E-state index contributed by atoms with van der Waals surface area (Å²) < 4.78 is 0. The monoisotopic (exact) mass is 284 g/mol. The van der Waals surface area contributed by atoms with Gasteiger partial charge < -0.3 is 15.7 Å². The highest BCUT2D eigenvalue weighted by molar-refractivity contribution is 5.89. The Morgan fingerprint density at radius 3 is 2.25 bits per heavy atom. The molecule has 1 rings (SSSR count). The van der Waals surface area contributed by atoms with E-state index in [1.54, 1.807) is 27.7 Å². The van der Waals surface area contributed by atoms with Gasteiger partial charge in [-0.25, -0.2) is 0 Å². The van der Waals surface area contributed by atoms with Crippen molar-refractivity contribution in [1.82, 2.24) is 10.6 Å². The third kappa shape index (κ3) is 5.12. The molecule has 1 aliphatic rings. The van der Waals surface area contributed by atoms with E-state index in [-0.39, 0.29) is 18.4 Å². The van der Waals surface area contributed by atoms with Crippen molar-refractivity contribution in [2.24, 2.45) is 5.41 Å². The van der Waals surface area contributed by atoms with Crippen molar-refractivity contribution >= 4 is 11.8 Å². The molecule has 0 bridgehead atoms. The summed E-state index contributed by atoms with van der Waals surface area (Å²) in [6.07, 6.45) is 4.62. The molecule has 20 heavy (non-hydrogen) atoms. The lowest BCUT2D eigenvalue weighted by atomic mass is 9.85. The fourth-order valence-electron chi connectivity index (χ4n) is 2.27. The lowest BCUT2D eigenvalue weighted by molar-refractivity contribution is -0.133. The summed E-state index contributed by atoms with van der Waals surface area (Å²) in [5, 5.41) is 15.7. The van der Waals surface area contributed by atoms with Crippen LogP contribution in [0.5, 0.6) is 0 Å². The number of rotatable bonds is 4. The van der Waals surface area contributed by atoms with E-state index in [0.717, 1.165) is 32.1 Å². The second-order valence-electron chi connectivity index (χ2n) is 6.95. The van der Waals surface area contributed by atoms with Gasteiger partial charge in [0.2, 0.25) is 11.8 Å². The Morgan fingerprint density at radius 2 is 1.75 bits per heavy atom. The van der Waals surface area contributed by atoms with Crippen LogP contribution >= 0.6 is 0 Å². The third-order valence-corrected chi connectivity index (χ3v) is 3.80. The van der Waals surface area contributed by atoms with Crippen LogP contribution in [0.3, 0.4) is 0 Å². The lowest BCUT2D eigenvalue weighted by Crippen LogP contribution is -2.52. The topological polar surface area (TPSA) is 78.4 Å². The first-order valence-corrected chi connectivity index (χ1v) is 7.45. The number of aliphatic hydroxyl groups is 1. The average Bonchev–Trinajstić information content (AvgIpc) is 2.35. The van der Waals surface area contributed by atoms with Crippen molar-refractivity contribution in [3.8, 4) is 0 Å². The Balaban J connectivity index is 2.40. The standard InChI is InChI=1S/C15H28N2O3/c1-11(17-13(19)14(2,3)4)12(18)16-10-15(20)8-6-5-7-9-15/h11,20H,5-10H2,1-4H3,(H,16,18)(H,17,19). The Kier molecular flexibility index (Phi) is 5.57. The first-order chi connectivity index (χ1) is 9.14. The highest BCUT2D eigenvalue weighted by Crippen LogP contribution is 2.27. The van der Waals surface area contributed by atoms with Crippen LogP contribution in [0.25, 0.3) is 0 Å². The van der Waals surface area contributed by atoms with Gasteiger partial charge in [0.15, 0.2) is 0 Å². The Labute approximate surface area is 121 Å². The van der Waals surface area contributed by atoms with Crippen LogP contribution in [0.4, 0.5) is 0 Å². The summed E-state index contributed by atoms with van der Waals surface area (Å²) in [7, 11) is 0. The van der Waals surface area contributed by atoms with Crippen LogP contribution in [-0.2, 0) is 9.59 Å². The van der Waals surface area contributed by atoms with Gasteiger partial charge in [-0.2, -0.15) is 0 Å². The normalized spacial score (nSPS) is 20.1. The summed E-state index contributed by atoms with van der Waals surface area (Å²) in [5.41, 5.74) is -1.29. The smallest absolute Gasteiger partial charge is 0.242 e. The van der Waals surface area contributed by atoms with Gasteiger partial charge in [0.05, 0.1) is 5.60 Å². The van der Waals surface area contributed by atoms with Crippen molar-refractivity contribution in [2.45, 2.75) is 71.4 Å². The van der Waals surface area contributed by atoms with Gasteiger partial charge in [-0.3, -0.25) is 9.59 Å². The molecule has 116 valence electrons. The Morgan fingerprint density at radius 1 is 1.20 bits per heavy atom. The predicted molar refractivity (Wildman–Crippen MR) is 78.1 cm³/mol. The molecule has 0 spiro atoms. The van der Waals surface area contributed by atoms with E-state index >= 15 is 0 Å². The van der Waals surface area contributed by atoms with Gasteiger partial charge in [-0.05, 0) is 19.8 Å². The van der Waals surface area contributed by atoms with Crippen LogP contribution in [-0.4, -0.2) is 35.1 Å². The van der Waals surface area contributed by atoms with Gasteiger partial charge in [0.1, 0.15) is 6.04 Å². The molecule has 0 radical (unpaired) electrons. The third-order valence-electron chi connectivity index (χ3n) is 3.80. The largest absolute Gasteiger partial charge is 0.388 e. The molecule has 1 aliphatic carbocycles. The fraction of sp³-hybridized carbons (Fsp3) is 0.867. The molecule has 0 aromatic heterocycles. The maximum absolute atomic E-state index is 12.0. The Hall–Kier alpha value is -1.10. The molecule has 0 heterocycles. The minimum Gasteiger partial charge on any atom is -0.388 e. The molecule has 3 N–H and O–H groups in total. The maximum Gasteiger partial charge on any atom is 0.242 e. The molecule has 1 saturated carbocycles. The van der Waals surface area contributed by atoms with E-state index in [0.29, 0.717) is 0 Å². The maximum atomic E-state index is 12.0. The van der Waals surface area contributed by atoms with Gasteiger partial charge in [-0.15, -0.1) is 0 Å². The molecule has 2 amide bonds. The van der Waals surface area contributed by atoms with E-state index in [9.17, 15) is 14.7 Å².